The van der Waals surface area contributed by atoms with Crippen molar-refractivity contribution in [3.63, 3.8) is 0 Å². The highest BCUT2D eigenvalue weighted by atomic mass is 35.5. The van der Waals surface area contributed by atoms with Crippen molar-refractivity contribution >= 4 is 45.6 Å². The van der Waals surface area contributed by atoms with Crippen LogP contribution in [0.15, 0.2) is 35.3 Å². The number of aromatic amines is 1. The number of aromatic nitrogens is 3. The minimum absolute atomic E-state index is 0.229. The Balaban J connectivity index is 1.40. The van der Waals surface area contributed by atoms with Crippen LogP contribution >= 0.6 is 22.9 Å². The zero-order valence-electron chi connectivity index (χ0n) is 17.0. The first-order chi connectivity index (χ1) is 15.5. The maximum Gasteiger partial charge on any atom is 0.232 e. The van der Waals surface area contributed by atoms with Crippen molar-refractivity contribution in [1.29, 1.82) is 0 Å². The predicted octanol–water partition coefficient (Wildman–Crippen LogP) is 4.99. The van der Waals surface area contributed by atoms with Gasteiger partial charge in [0, 0.05) is 12.2 Å². The lowest BCUT2D eigenvalue weighted by atomic mass is 9.68. The molecule has 0 saturated heterocycles. The molecule has 2 atom stereocenters. The van der Waals surface area contributed by atoms with Crippen LogP contribution in [-0.2, 0) is 0 Å². The van der Waals surface area contributed by atoms with Crippen LogP contribution in [0.1, 0.15) is 42.5 Å². The third-order valence-corrected chi connectivity index (χ3v) is 8.06. The number of H-pyrrole nitrogens is 1. The van der Waals surface area contributed by atoms with Gasteiger partial charge in [0.2, 0.25) is 5.95 Å². The van der Waals surface area contributed by atoms with Crippen molar-refractivity contribution in [1.82, 2.24) is 25.6 Å². The largest absolute Gasteiger partial charge is 0.348 e. The Labute approximate surface area is 192 Å². The summed E-state index contributed by atoms with van der Waals surface area (Å²) in [5.74, 6) is 0.629. The summed E-state index contributed by atoms with van der Waals surface area (Å²) in [5.41, 5.74) is 1.55. The fraction of sp³-hybridized carbons (Fsp3) is 0.409. The second kappa shape index (κ2) is 7.90. The Morgan fingerprint density at radius 2 is 2.00 bits per heavy atom. The fourth-order valence-corrected chi connectivity index (χ4v) is 6.28. The topological polar surface area (TPSA) is 78.0 Å². The minimum atomic E-state index is -0.741. The predicted molar refractivity (Wildman–Crippen MR) is 122 cm³/mol. The first-order valence-corrected chi connectivity index (χ1v) is 12.0. The van der Waals surface area contributed by atoms with Gasteiger partial charge in [-0.15, -0.1) is 11.3 Å². The summed E-state index contributed by atoms with van der Waals surface area (Å²) in [6.45, 7) is 0. The van der Waals surface area contributed by atoms with Crippen LogP contribution in [0.4, 0.5) is 8.78 Å². The lowest BCUT2D eigenvalue weighted by molar-refractivity contribution is 0.115. The molecule has 3 aromatic rings. The maximum absolute atomic E-state index is 15.7. The maximum atomic E-state index is 15.7. The average molecular weight is 475 g/mol. The van der Waals surface area contributed by atoms with Crippen LogP contribution in [0, 0.1) is 17.8 Å². The van der Waals surface area contributed by atoms with E-state index in [2.05, 4.69) is 30.6 Å². The molecule has 10 heteroatoms. The van der Waals surface area contributed by atoms with E-state index in [-0.39, 0.29) is 17.6 Å². The van der Waals surface area contributed by atoms with Gasteiger partial charge in [0.05, 0.1) is 21.0 Å². The molecule has 0 radical (unpaired) electrons. The summed E-state index contributed by atoms with van der Waals surface area (Å²) < 4.78 is 30.1. The molecule has 4 heterocycles. The molecule has 3 fully saturated rings. The van der Waals surface area contributed by atoms with Crippen LogP contribution in [0.25, 0.3) is 16.9 Å². The first-order valence-electron chi connectivity index (χ1n) is 10.8. The molecule has 1 aliphatic heterocycles. The molecule has 0 amide bonds. The van der Waals surface area contributed by atoms with Crippen LogP contribution in [-0.4, -0.2) is 33.0 Å². The van der Waals surface area contributed by atoms with Gasteiger partial charge < -0.3 is 10.3 Å². The van der Waals surface area contributed by atoms with E-state index in [9.17, 15) is 4.39 Å². The summed E-state index contributed by atoms with van der Waals surface area (Å²) in [6.07, 6.45) is 7.95. The zero-order chi connectivity index (χ0) is 21.8. The number of amidine groups is 1. The molecule has 2 unspecified atom stereocenters. The summed E-state index contributed by atoms with van der Waals surface area (Å²) >= 11 is 7.40. The SMILES string of the molecule is FC1=C(c2ccc(Cl)s2)N=C(c2c[nH]c3ncc(F)nc23)NC1NC1CC2CCC1CC2. The van der Waals surface area contributed by atoms with E-state index < -0.39 is 12.1 Å². The Morgan fingerprint density at radius 1 is 1.16 bits per heavy atom. The number of halogens is 3. The number of nitrogens with one attached hydrogen (secondary N) is 3. The molecule has 4 aliphatic rings. The lowest BCUT2D eigenvalue weighted by Gasteiger charge is -2.44. The Hall–Kier alpha value is -2.36. The van der Waals surface area contributed by atoms with Gasteiger partial charge in [-0.1, -0.05) is 24.4 Å². The summed E-state index contributed by atoms with van der Waals surface area (Å²) in [7, 11) is 0. The van der Waals surface area contributed by atoms with Crippen LogP contribution in [0.2, 0.25) is 4.34 Å². The average Bonchev–Trinajstić information content (AvgIpc) is 3.42. The van der Waals surface area contributed by atoms with E-state index in [4.69, 9.17) is 11.6 Å². The van der Waals surface area contributed by atoms with Gasteiger partial charge in [-0.3, -0.25) is 5.32 Å². The molecule has 3 saturated carbocycles. The molecule has 3 aromatic heterocycles. The smallest absolute Gasteiger partial charge is 0.232 e. The molecule has 0 spiro atoms. The Kier molecular flexibility index (Phi) is 5.00. The van der Waals surface area contributed by atoms with Crippen molar-refractivity contribution < 1.29 is 8.78 Å². The first kappa shape index (κ1) is 20.3. The lowest BCUT2D eigenvalue weighted by Crippen LogP contribution is -2.56. The molecule has 6 nitrogen and oxygen atoms in total. The standard InChI is InChI=1S/C22H21ClF2N6S/c23-15-6-5-14(32-15)19-17(25)21(28-13-7-10-1-3-11(13)4-2-10)31-20(30-19)12-8-26-22-18(12)29-16(24)9-27-22/h5-6,8-11,13,21,28H,1-4,7H2,(H,26,27)(H,30,31). The molecule has 3 aliphatic carbocycles. The zero-order valence-corrected chi connectivity index (χ0v) is 18.6. The normalized spacial score (nSPS) is 27.7. The van der Waals surface area contributed by atoms with Gasteiger partial charge >= 0.3 is 0 Å². The number of thiophene rings is 1. The van der Waals surface area contributed by atoms with E-state index in [0.29, 0.717) is 43.6 Å². The van der Waals surface area contributed by atoms with Crippen molar-refractivity contribution in [3.05, 3.63) is 51.1 Å². The van der Waals surface area contributed by atoms with E-state index in [1.165, 1.54) is 37.0 Å². The van der Waals surface area contributed by atoms with Gasteiger partial charge in [-0.05, 0) is 43.2 Å². The third-order valence-electron chi connectivity index (χ3n) is 6.83. The van der Waals surface area contributed by atoms with E-state index >= 15 is 4.39 Å². The number of hydrogen-bond acceptors (Lipinski definition) is 6. The second-order valence-electron chi connectivity index (χ2n) is 8.72. The highest BCUT2D eigenvalue weighted by molar-refractivity contribution is 7.17. The summed E-state index contributed by atoms with van der Waals surface area (Å²) in [6, 6.07) is 3.75. The fourth-order valence-electron chi connectivity index (χ4n) is 5.25. The molecule has 32 heavy (non-hydrogen) atoms. The van der Waals surface area contributed by atoms with Crippen molar-refractivity contribution in [3.8, 4) is 0 Å². The summed E-state index contributed by atoms with van der Waals surface area (Å²) in [5, 5.41) is 6.72. The van der Waals surface area contributed by atoms with Crippen LogP contribution < -0.4 is 10.6 Å². The van der Waals surface area contributed by atoms with Gasteiger partial charge in [0.15, 0.2) is 11.5 Å². The van der Waals surface area contributed by atoms with Crippen LogP contribution in [0.3, 0.4) is 0 Å². The molecule has 2 bridgehead atoms. The van der Waals surface area contributed by atoms with Crippen LogP contribution in [0.5, 0.6) is 0 Å². The monoisotopic (exact) mass is 474 g/mol. The van der Waals surface area contributed by atoms with Gasteiger partial charge in [-0.2, -0.15) is 4.39 Å². The Morgan fingerprint density at radius 3 is 2.72 bits per heavy atom. The molecular formula is C22H21ClF2N6S. The molecule has 166 valence electrons. The van der Waals surface area contributed by atoms with E-state index in [1.807, 2.05) is 0 Å². The molecule has 7 rings (SSSR count). The number of fused-ring (bicyclic) bond motifs is 4. The van der Waals surface area contributed by atoms with E-state index in [1.54, 1.807) is 18.3 Å². The van der Waals surface area contributed by atoms with Crippen molar-refractivity contribution in [2.75, 3.05) is 0 Å². The molecular weight excluding hydrogens is 454 g/mol. The highest BCUT2D eigenvalue weighted by Crippen LogP contribution is 2.42. The number of aliphatic imine (C=N–C) groups is 1. The number of nitrogens with zero attached hydrogens (tertiary/aromatic N) is 3. The molecule has 3 N–H and O–H groups in total. The minimum Gasteiger partial charge on any atom is -0.348 e. The van der Waals surface area contributed by atoms with Crippen molar-refractivity contribution in [2.45, 2.75) is 44.3 Å². The number of hydrogen-bond donors (Lipinski definition) is 3. The highest BCUT2D eigenvalue weighted by Gasteiger charge is 2.38. The van der Waals surface area contributed by atoms with Gasteiger partial charge in [0.1, 0.15) is 23.2 Å². The second-order valence-corrected chi connectivity index (χ2v) is 10.4. The van der Waals surface area contributed by atoms with E-state index in [0.717, 1.165) is 12.6 Å². The van der Waals surface area contributed by atoms with Gasteiger partial charge in [0.25, 0.3) is 0 Å². The Bertz CT molecular complexity index is 1240. The third kappa shape index (κ3) is 3.52. The summed E-state index contributed by atoms with van der Waals surface area (Å²) in [4.78, 5) is 16.2. The molecule has 0 aromatic carbocycles. The van der Waals surface area contributed by atoms with Crippen molar-refractivity contribution in [2.24, 2.45) is 16.8 Å². The quantitative estimate of drug-likeness (QED) is 0.497. The number of rotatable bonds is 4. The van der Waals surface area contributed by atoms with Gasteiger partial charge in [-0.25, -0.2) is 19.4 Å².